The molecule has 1 amide bonds. The number of hydrogen-bond acceptors (Lipinski definition) is 3. The van der Waals surface area contributed by atoms with Gasteiger partial charge >= 0.3 is 5.97 Å². The summed E-state index contributed by atoms with van der Waals surface area (Å²) in [6.07, 6.45) is 0. The minimum absolute atomic E-state index is 0.0491. The highest BCUT2D eigenvalue weighted by Crippen LogP contribution is 2.24. The maximum Gasteiger partial charge on any atom is 0.331 e. The van der Waals surface area contributed by atoms with E-state index in [1.807, 2.05) is 18.2 Å². The number of carboxylic acids is 1. The Balaban J connectivity index is 2.99. The molecule has 0 saturated heterocycles. The van der Waals surface area contributed by atoms with Crippen LogP contribution in [-0.4, -0.2) is 36.0 Å². The van der Waals surface area contributed by atoms with Crippen LogP contribution in [0.15, 0.2) is 33.8 Å². The lowest BCUT2D eigenvalue weighted by Crippen LogP contribution is -2.28. The van der Waals surface area contributed by atoms with Gasteiger partial charge < -0.3 is 14.7 Å². The monoisotopic (exact) mass is 355 g/mol. The lowest BCUT2D eigenvalue weighted by molar-refractivity contribution is -0.133. The second-order valence-electron chi connectivity index (χ2n) is 4.67. The van der Waals surface area contributed by atoms with Crippen molar-refractivity contribution in [2.24, 2.45) is 0 Å². The Morgan fingerprint density at radius 1 is 1.29 bits per heavy atom. The Morgan fingerprint density at radius 2 is 1.90 bits per heavy atom. The molecule has 114 valence electrons. The number of nitrogens with zero attached hydrogens (tertiary/aromatic N) is 1. The minimum Gasteiger partial charge on any atom is -0.496 e. The van der Waals surface area contributed by atoms with Gasteiger partial charge in [-0.15, -0.1) is 0 Å². The summed E-state index contributed by atoms with van der Waals surface area (Å²) in [5.74, 6) is -0.736. The average molecular weight is 356 g/mol. The average Bonchev–Trinajstić information content (AvgIpc) is 2.44. The first-order valence-corrected chi connectivity index (χ1v) is 7.05. The second-order valence-corrected chi connectivity index (χ2v) is 5.59. The number of carbonyl (C=O) groups is 2. The van der Waals surface area contributed by atoms with Crippen molar-refractivity contribution in [3.8, 4) is 5.75 Å². The molecule has 6 heteroatoms. The van der Waals surface area contributed by atoms with Gasteiger partial charge in [0.1, 0.15) is 5.75 Å². The fraction of sp³-hybridized carbons (Fsp3) is 0.333. The van der Waals surface area contributed by atoms with Gasteiger partial charge in [0.05, 0.1) is 7.11 Å². The van der Waals surface area contributed by atoms with Crippen molar-refractivity contribution in [3.05, 3.63) is 39.4 Å². The fourth-order valence-corrected chi connectivity index (χ4v) is 2.21. The van der Waals surface area contributed by atoms with Gasteiger partial charge in [-0.2, -0.15) is 0 Å². The third-order valence-electron chi connectivity index (χ3n) is 3.20. The lowest BCUT2D eigenvalue weighted by atomic mass is 10.1. The van der Waals surface area contributed by atoms with Crippen molar-refractivity contribution >= 4 is 27.8 Å². The summed E-state index contributed by atoms with van der Waals surface area (Å²) in [6, 6.07) is 5.53. The van der Waals surface area contributed by atoms with E-state index in [-0.39, 0.29) is 17.1 Å². The SMILES string of the molecule is COc1ccc(Br)cc1CN(C)C(=O)C(C)=C(C)C(=O)O. The Bertz CT molecular complexity index is 595. The molecule has 0 bridgehead atoms. The number of methoxy groups -OCH3 is 1. The van der Waals surface area contributed by atoms with Crippen molar-refractivity contribution < 1.29 is 19.4 Å². The molecule has 0 fully saturated rings. The molecule has 5 nitrogen and oxygen atoms in total. The minimum atomic E-state index is -1.09. The third kappa shape index (κ3) is 4.32. The van der Waals surface area contributed by atoms with Crippen LogP contribution >= 0.6 is 15.9 Å². The number of hydrogen-bond donors (Lipinski definition) is 1. The molecule has 0 aliphatic rings. The molecule has 1 rings (SSSR count). The van der Waals surface area contributed by atoms with Crippen molar-refractivity contribution in [1.29, 1.82) is 0 Å². The number of likely N-dealkylation sites (N-methyl/N-ethyl adjacent to an activating group) is 1. The predicted octanol–water partition coefficient (Wildman–Crippen LogP) is 2.84. The molecule has 1 N–H and O–H groups in total. The third-order valence-corrected chi connectivity index (χ3v) is 3.69. The maximum atomic E-state index is 12.2. The van der Waals surface area contributed by atoms with Crippen LogP contribution in [0.2, 0.25) is 0 Å². The van der Waals surface area contributed by atoms with Crippen LogP contribution in [0.3, 0.4) is 0 Å². The quantitative estimate of drug-likeness (QED) is 0.824. The van der Waals surface area contributed by atoms with E-state index in [2.05, 4.69) is 15.9 Å². The summed E-state index contributed by atoms with van der Waals surface area (Å²) in [5, 5.41) is 8.94. The molecule has 0 spiro atoms. The van der Waals surface area contributed by atoms with Gasteiger partial charge in [-0.25, -0.2) is 4.79 Å². The summed E-state index contributed by atoms with van der Waals surface area (Å²) in [5.41, 5.74) is 1.11. The van der Waals surface area contributed by atoms with E-state index in [1.165, 1.54) is 18.7 Å². The van der Waals surface area contributed by atoms with Crippen molar-refractivity contribution in [3.63, 3.8) is 0 Å². The zero-order chi connectivity index (χ0) is 16.2. The first-order valence-electron chi connectivity index (χ1n) is 6.26. The van der Waals surface area contributed by atoms with Crippen LogP contribution in [0.4, 0.5) is 0 Å². The van der Waals surface area contributed by atoms with Crippen molar-refractivity contribution in [2.75, 3.05) is 14.2 Å². The zero-order valence-electron chi connectivity index (χ0n) is 12.4. The molecule has 1 aromatic carbocycles. The number of halogens is 1. The summed E-state index contributed by atoms with van der Waals surface area (Å²) >= 11 is 3.38. The number of rotatable bonds is 5. The van der Waals surface area contributed by atoms with Crippen LogP contribution < -0.4 is 4.74 Å². The number of amides is 1. The van der Waals surface area contributed by atoms with Crippen LogP contribution in [0, 0.1) is 0 Å². The van der Waals surface area contributed by atoms with Gasteiger partial charge in [0.2, 0.25) is 5.91 Å². The highest BCUT2D eigenvalue weighted by molar-refractivity contribution is 9.10. The first-order chi connectivity index (χ1) is 9.77. The van der Waals surface area contributed by atoms with Crippen LogP contribution in [0.1, 0.15) is 19.4 Å². The highest BCUT2D eigenvalue weighted by Gasteiger charge is 2.18. The molecule has 0 aromatic heterocycles. The highest BCUT2D eigenvalue weighted by atomic mass is 79.9. The molecule has 0 unspecified atom stereocenters. The predicted molar refractivity (Wildman–Crippen MR) is 83.2 cm³/mol. The summed E-state index contributed by atoms with van der Waals surface area (Å²) in [7, 11) is 3.19. The Morgan fingerprint density at radius 3 is 2.43 bits per heavy atom. The summed E-state index contributed by atoms with van der Waals surface area (Å²) in [4.78, 5) is 24.6. The number of aliphatic carboxylic acids is 1. The number of carbonyl (C=O) groups excluding carboxylic acids is 1. The summed E-state index contributed by atoms with van der Waals surface area (Å²) < 4.78 is 6.14. The normalized spacial score (nSPS) is 11.7. The van der Waals surface area contributed by atoms with Gasteiger partial charge in [0, 0.05) is 34.8 Å². The van der Waals surface area contributed by atoms with Crippen LogP contribution in [0.5, 0.6) is 5.75 Å². The van der Waals surface area contributed by atoms with E-state index in [1.54, 1.807) is 14.2 Å². The van der Waals surface area contributed by atoms with Gasteiger partial charge in [-0.3, -0.25) is 4.79 Å². The molecule has 0 radical (unpaired) electrons. The zero-order valence-corrected chi connectivity index (χ0v) is 14.0. The number of carboxylic acid groups (broad SMARTS) is 1. The van der Waals surface area contributed by atoms with E-state index in [0.29, 0.717) is 12.3 Å². The molecule has 0 aliphatic heterocycles. The van der Waals surface area contributed by atoms with Gasteiger partial charge in [-0.1, -0.05) is 15.9 Å². The molecular weight excluding hydrogens is 338 g/mol. The molecule has 21 heavy (non-hydrogen) atoms. The molecule has 0 heterocycles. The lowest BCUT2D eigenvalue weighted by Gasteiger charge is -2.20. The van der Waals surface area contributed by atoms with Crippen LogP contribution in [-0.2, 0) is 16.1 Å². The number of ether oxygens (including phenoxy) is 1. The summed E-state index contributed by atoms with van der Waals surface area (Å²) in [6.45, 7) is 3.26. The van der Waals surface area contributed by atoms with Gasteiger partial charge in [0.25, 0.3) is 0 Å². The Kier molecular flexibility index (Phi) is 5.96. The van der Waals surface area contributed by atoms with E-state index in [4.69, 9.17) is 9.84 Å². The van der Waals surface area contributed by atoms with Crippen molar-refractivity contribution in [1.82, 2.24) is 4.90 Å². The first kappa shape index (κ1) is 17.2. The smallest absolute Gasteiger partial charge is 0.331 e. The van der Waals surface area contributed by atoms with Crippen molar-refractivity contribution in [2.45, 2.75) is 20.4 Å². The standard InChI is InChI=1S/C15H18BrNO4/c1-9(10(2)15(19)20)14(18)17(3)8-11-7-12(16)5-6-13(11)21-4/h5-7H,8H2,1-4H3,(H,19,20). The molecule has 1 aromatic rings. The van der Waals surface area contributed by atoms with Crippen LogP contribution in [0.25, 0.3) is 0 Å². The largest absolute Gasteiger partial charge is 0.496 e. The van der Waals surface area contributed by atoms with E-state index >= 15 is 0 Å². The molecule has 0 atom stereocenters. The van der Waals surface area contributed by atoms with Gasteiger partial charge in [-0.05, 0) is 32.0 Å². The Labute approximate surface area is 132 Å². The fourth-order valence-electron chi connectivity index (χ4n) is 1.81. The molecular formula is C15H18BrNO4. The maximum absolute atomic E-state index is 12.2. The molecule has 0 aliphatic carbocycles. The van der Waals surface area contributed by atoms with Gasteiger partial charge in [0.15, 0.2) is 0 Å². The number of benzene rings is 1. The van der Waals surface area contributed by atoms with E-state index < -0.39 is 5.97 Å². The topological polar surface area (TPSA) is 66.8 Å². The van der Waals surface area contributed by atoms with E-state index in [9.17, 15) is 9.59 Å². The van der Waals surface area contributed by atoms with E-state index in [0.717, 1.165) is 10.0 Å². The molecule has 0 saturated carbocycles. The Hall–Kier alpha value is -1.82. The second kappa shape index (κ2) is 7.26.